The third kappa shape index (κ3) is 6.54. The predicted octanol–water partition coefficient (Wildman–Crippen LogP) is 2.80. The molecule has 0 spiro atoms. The number of urea groups is 1. The lowest BCUT2D eigenvalue weighted by molar-refractivity contribution is -0.139. The molecular weight excluding hydrogens is 476 g/mol. The molecule has 3 rings (SSSR count). The summed E-state index contributed by atoms with van der Waals surface area (Å²) in [4.78, 5) is 44.9. The largest absolute Gasteiger partial charge is 0.497 e. The molecule has 1 unspecified atom stereocenters. The molecule has 2 aliphatic rings. The Morgan fingerprint density at radius 1 is 1.03 bits per heavy atom. The van der Waals surface area contributed by atoms with Gasteiger partial charge in [-0.25, -0.2) is 9.59 Å². The molecule has 0 bridgehead atoms. The van der Waals surface area contributed by atoms with Gasteiger partial charge in [0.05, 0.1) is 32.4 Å². The number of ether oxygens (including phenoxy) is 3. The molecule has 1 fully saturated rings. The van der Waals surface area contributed by atoms with Gasteiger partial charge < -0.3 is 24.4 Å². The molecule has 1 aromatic rings. The van der Waals surface area contributed by atoms with Crippen LogP contribution in [0.25, 0.3) is 0 Å². The standard InChI is InChI=1S/C27H40N4O6/c1-7-31-22(17-29-10-9-11-30(13-12-29)25(32)18(3)4)23(26(33)37-8-2)24(28-27(31)34)19-14-20(35-5)16-21(15-19)36-6/h14-16,18,24H,7-13,17H2,1-6H3,(H,28,34). The Kier molecular flexibility index (Phi) is 9.79. The fourth-order valence-corrected chi connectivity index (χ4v) is 4.83. The van der Waals surface area contributed by atoms with Gasteiger partial charge in [-0.2, -0.15) is 0 Å². The molecule has 0 radical (unpaired) electrons. The van der Waals surface area contributed by atoms with Crippen LogP contribution in [0.2, 0.25) is 0 Å². The van der Waals surface area contributed by atoms with E-state index in [-0.39, 0.29) is 24.5 Å². The Labute approximate surface area is 219 Å². The third-order valence-corrected chi connectivity index (χ3v) is 6.72. The lowest BCUT2D eigenvalue weighted by Gasteiger charge is -2.38. The fourth-order valence-electron chi connectivity index (χ4n) is 4.83. The summed E-state index contributed by atoms with van der Waals surface area (Å²) in [5, 5.41) is 2.99. The monoisotopic (exact) mass is 516 g/mol. The van der Waals surface area contributed by atoms with Crippen molar-refractivity contribution in [3.8, 4) is 11.5 Å². The summed E-state index contributed by atoms with van der Waals surface area (Å²) in [7, 11) is 3.11. The van der Waals surface area contributed by atoms with Crippen LogP contribution in [-0.4, -0.2) is 92.7 Å². The lowest BCUT2D eigenvalue weighted by Crippen LogP contribution is -2.51. The smallest absolute Gasteiger partial charge is 0.338 e. The van der Waals surface area contributed by atoms with Crippen LogP contribution in [0, 0.1) is 5.92 Å². The Hall–Kier alpha value is -3.27. The molecule has 1 atom stereocenters. The molecule has 10 heteroatoms. The molecule has 204 valence electrons. The van der Waals surface area contributed by atoms with Crippen molar-refractivity contribution < 1.29 is 28.6 Å². The number of benzene rings is 1. The first-order valence-electron chi connectivity index (χ1n) is 13.0. The Morgan fingerprint density at radius 2 is 1.70 bits per heavy atom. The number of hydrogen-bond donors (Lipinski definition) is 1. The zero-order chi connectivity index (χ0) is 27.1. The molecule has 3 amide bonds. The zero-order valence-electron chi connectivity index (χ0n) is 22.8. The van der Waals surface area contributed by atoms with Gasteiger partial charge in [0.15, 0.2) is 0 Å². The van der Waals surface area contributed by atoms with Crippen molar-refractivity contribution in [2.45, 2.75) is 40.2 Å². The van der Waals surface area contributed by atoms with Gasteiger partial charge in [0.1, 0.15) is 11.5 Å². The highest BCUT2D eigenvalue weighted by Crippen LogP contribution is 2.35. The van der Waals surface area contributed by atoms with Crippen molar-refractivity contribution in [3.63, 3.8) is 0 Å². The average Bonchev–Trinajstić information content (AvgIpc) is 3.13. The van der Waals surface area contributed by atoms with Crippen molar-refractivity contribution >= 4 is 17.9 Å². The minimum atomic E-state index is -0.737. The highest BCUT2D eigenvalue weighted by atomic mass is 16.5. The van der Waals surface area contributed by atoms with Gasteiger partial charge in [0.25, 0.3) is 0 Å². The van der Waals surface area contributed by atoms with Crippen molar-refractivity contribution in [2.75, 3.05) is 60.1 Å². The van der Waals surface area contributed by atoms with Crippen molar-refractivity contribution in [1.82, 2.24) is 20.0 Å². The van der Waals surface area contributed by atoms with E-state index in [2.05, 4.69) is 10.2 Å². The SMILES string of the molecule is CCOC(=O)C1=C(CN2CCCN(C(=O)C(C)C)CC2)N(CC)C(=O)NC1c1cc(OC)cc(OC)c1. The van der Waals surface area contributed by atoms with Crippen LogP contribution in [0.15, 0.2) is 29.5 Å². The summed E-state index contributed by atoms with van der Waals surface area (Å²) in [6.45, 7) is 11.1. The maximum atomic E-state index is 13.4. The highest BCUT2D eigenvalue weighted by molar-refractivity contribution is 5.95. The number of carbonyl (C=O) groups is 3. The first-order valence-corrected chi connectivity index (χ1v) is 13.0. The van der Waals surface area contributed by atoms with E-state index in [1.807, 2.05) is 25.7 Å². The molecule has 2 aliphatic heterocycles. The van der Waals surface area contributed by atoms with Gasteiger partial charge in [0.2, 0.25) is 5.91 Å². The van der Waals surface area contributed by atoms with E-state index in [0.717, 1.165) is 13.0 Å². The van der Waals surface area contributed by atoms with Gasteiger partial charge in [-0.1, -0.05) is 13.8 Å². The second-order valence-electron chi connectivity index (χ2n) is 9.46. The van der Waals surface area contributed by atoms with Crippen LogP contribution in [0.1, 0.15) is 45.7 Å². The van der Waals surface area contributed by atoms with Crippen LogP contribution >= 0.6 is 0 Å². The van der Waals surface area contributed by atoms with Gasteiger partial charge in [-0.15, -0.1) is 0 Å². The van der Waals surface area contributed by atoms with E-state index in [1.165, 1.54) is 0 Å². The Morgan fingerprint density at radius 3 is 2.27 bits per heavy atom. The number of nitrogens with one attached hydrogen (secondary N) is 1. The number of likely N-dealkylation sites (N-methyl/N-ethyl adjacent to an activating group) is 1. The molecular formula is C27H40N4O6. The molecule has 37 heavy (non-hydrogen) atoms. The quantitative estimate of drug-likeness (QED) is 0.504. The van der Waals surface area contributed by atoms with Crippen molar-refractivity contribution in [1.29, 1.82) is 0 Å². The number of methoxy groups -OCH3 is 2. The van der Waals surface area contributed by atoms with E-state index >= 15 is 0 Å². The zero-order valence-corrected chi connectivity index (χ0v) is 22.8. The van der Waals surface area contributed by atoms with Crippen LogP contribution in [0.5, 0.6) is 11.5 Å². The normalized spacial score (nSPS) is 19.0. The molecule has 2 heterocycles. The second-order valence-corrected chi connectivity index (χ2v) is 9.46. The highest BCUT2D eigenvalue weighted by Gasteiger charge is 2.39. The van der Waals surface area contributed by atoms with Crippen molar-refractivity contribution in [3.05, 3.63) is 35.0 Å². The van der Waals surface area contributed by atoms with Gasteiger partial charge in [-0.05, 0) is 38.0 Å². The second kappa shape index (κ2) is 12.8. The predicted molar refractivity (Wildman–Crippen MR) is 139 cm³/mol. The van der Waals surface area contributed by atoms with Crippen LogP contribution in [0.3, 0.4) is 0 Å². The molecule has 0 saturated carbocycles. The number of amides is 3. The Bertz CT molecular complexity index is 1000. The minimum Gasteiger partial charge on any atom is -0.497 e. The van der Waals surface area contributed by atoms with E-state index in [0.29, 0.717) is 61.1 Å². The maximum Gasteiger partial charge on any atom is 0.338 e. The van der Waals surface area contributed by atoms with Crippen LogP contribution in [0.4, 0.5) is 4.79 Å². The summed E-state index contributed by atoms with van der Waals surface area (Å²) in [6.07, 6.45) is 0.815. The summed E-state index contributed by atoms with van der Waals surface area (Å²) in [6, 6.07) is 4.28. The summed E-state index contributed by atoms with van der Waals surface area (Å²) < 4.78 is 16.4. The summed E-state index contributed by atoms with van der Waals surface area (Å²) in [5.41, 5.74) is 1.66. The molecule has 1 aromatic carbocycles. The molecule has 10 nitrogen and oxygen atoms in total. The fraction of sp³-hybridized carbons (Fsp3) is 0.593. The third-order valence-electron chi connectivity index (χ3n) is 6.72. The number of nitrogens with zero attached hydrogens (tertiary/aromatic N) is 3. The maximum absolute atomic E-state index is 13.4. The average molecular weight is 517 g/mol. The minimum absolute atomic E-state index is 0.0529. The van der Waals surface area contributed by atoms with E-state index in [9.17, 15) is 14.4 Å². The first kappa shape index (κ1) is 28.3. The Balaban J connectivity index is 2.03. The van der Waals surface area contributed by atoms with E-state index in [1.54, 1.807) is 44.2 Å². The lowest BCUT2D eigenvalue weighted by atomic mass is 9.93. The molecule has 0 aromatic heterocycles. The van der Waals surface area contributed by atoms with Crippen LogP contribution in [-0.2, 0) is 14.3 Å². The van der Waals surface area contributed by atoms with Crippen LogP contribution < -0.4 is 14.8 Å². The van der Waals surface area contributed by atoms with Crippen molar-refractivity contribution in [2.24, 2.45) is 5.92 Å². The summed E-state index contributed by atoms with van der Waals surface area (Å²) >= 11 is 0. The van der Waals surface area contributed by atoms with Gasteiger partial charge in [-0.3, -0.25) is 14.6 Å². The van der Waals surface area contributed by atoms with Gasteiger partial charge >= 0.3 is 12.0 Å². The van der Waals surface area contributed by atoms with E-state index in [4.69, 9.17) is 14.2 Å². The number of rotatable bonds is 9. The first-order chi connectivity index (χ1) is 17.7. The number of hydrogen-bond acceptors (Lipinski definition) is 7. The van der Waals surface area contributed by atoms with Gasteiger partial charge in [0, 0.05) is 56.9 Å². The van der Waals surface area contributed by atoms with E-state index < -0.39 is 12.0 Å². The molecule has 1 saturated heterocycles. The summed E-state index contributed by atoms with van der Waals surface area (Å²) in [5.74, 6) is 0.715. The number of esters is 1. The molecule has 0 aliphatic carbocycles. The molecule has 1 N–H and O–H groups in total. The number of carbonyl (C=O) groups excluding carboxylic acids is 3. The topological polar surface area (TPSA) is 101 Å².